The number of hydrogen-bond donors (Lipinski definition) is 0. The lowest BCUT2D eigenvalue weighted by Crippen LogP contribution is -1.99. The van der Waals surface area contributed by atoms with Crippen LogP contribution in [0.15, 0.2) is 152 Å². The maximum absolute atomic E-state index is 10.2. The number of nitriles is 3. The minimum Gasteiger partial charge on any atom is -0.309 e. The van der Waals surface area contributed by atoms with Gasteiger partial charge in [-0.3, -0.25) is 0 Å². The Kier molecular flexibility index (Phi) is 6.56. The molecule has 0 fully saturated rings. The smallest absolute Gasteiger partial charge is 0.101 e. The van der Waals surface area contributed by atoms with E-state index in [-0.39, 0.29) is 0 Å². The van der Waals surface area contributed by atoms with Gasteiger partial charge >= 0.3 is 0 Å². The van der Waals surface area contributed by atoms with Crippen LogP contribution in [0.1, 0.15) is 16.7 Å². The summed E-state index contributed by atoms with van der Waals surface area (Å²) in [6.07, 6.45) is 0. The van der Waals surface area contributed by atoms with Crippen LogP contribution < -0.4 is 0 Å². The van der Waals surface area contributed by atoms with Crippen molar-refractivity contribution in [3.05, 3.63) is 168 Å². The van der Waals surface area contributed by atoms with Crippen molar-refractivity contribution in [2.24, 2.45) is 0 Å². The molecule has 0 saturated carbocycles. The summed E-state index contributed by atoms with van der Waals surface area (Å²) >= 11 is 0. The number of aromatic nitrogens is 2. The van der Waals surface area contributed by atoms with Crippen LogP contribution in [0, 0.1) is 34.0 Å². The largest absolute Gasteiger partial charge is 0.309 e. The van der Waals surface area contributed by atoms with Crippen molar-refractivity contribution >= 4 is 43.6 Å². The standard InChI is InChI=1S/C45H25N5/c46-26-29-16-21-44-40(24-29)39-12-7-8-32(28-48)45(39)50(44)41-13-4-1-9-36(41)34-23-30(27-47)22-33(25-34)31-17-19-35(20-18-31)49-42-14-5-2-10-37(42)38-11-3-6-15-43(38)49/h1-25H. The van der Waals surface area contributed by atoms with Crippen molar-refractivity contribution in [1.82, 2.24) is 9.13 Å². The first-order valence-corrected chi connectivity index (χ1v) is 16.3. The second-order valence-electron chi connectivity index (χ2n) is 12.3. The zero-order valence-electron chi connectivity index (χ0n) is 26.7. The van der Waals surface area contributed by atoms with Gasteiger partial charge in [-0.2, -0.15) is 15.8 Å². The van der Waals surface area contributed by atoms with E-state index in [9.17, 15) is 15.8 Å². The molecule has 0 N–H and O–H groups in total. The van der Waals surface area contributed by atoms with Crippen LogP contribution in [0.2, 0.25) is 0 Å². The lowest BCUT2D eigenvalue weighted by Gasteiger charge is -2.16. The molecule has 0 atom stereocenters. The first-order valence-electron chi connectivity index (χ1n) is 16.3. The molecule has 5 heteroatoms. The molecule has 5 nitrogen and oxygen atoms in total. The fraction of sp³-hybridized carbons (Fsp3) is 0. The van der Waals surface area contributed by atoms with Gasteiger partial charge in [0.15, 0.2) is 0 Å². The van der Waals surface area contributed by atoms with Gasteiger partial charge < -0.3 is 9.13 Å². The van der Waals surface area contributed by atoms with Crippen molar-refractivity contribution in [1.29, 1.82) is 15.8 Å². The van der Waals surface area contributed by atoms with Gasteiger partial charge in [0.1, 0.15) is 6.07 Å². The summed E-state index contributed by atoms with van der Waals surface area (Å²) in [7, 11) is 0. The van der Waals surface area contributed by atoms with E-state index >= 15 is 0 Å². The molecule has 9 aromatic rings. The van der Waals surface area contributed by atoms with Gasteiger partial charge in [-0.15, -0.1) is 0 Å². The lowest BCUT2D eigenvalue weighted by atomic mass is 9.95. The summed E-state index contributed by atoms with van der Waals surface area (Å²) in [5.41, 5.74) is 11.3. The Bertz CT molecular complexity index is 2900. The normalized spacial score (nSPS) is 11.1. The van der Waals surface area contributed by atoms with Gasteiger partial charge in [0, 0.05) is 32.8 Å². The second kappa shape index (κ2) is 11.4. The van der Waals surface area contributed by atoms with Crippen LogP contribution in [0.3, 0.4) is 0 Å². The van der Waals surface area contributed by atoms with Gasteiger partial charge in [-0.05, 0) is 89.5 Å². The first kappa shape index (κ1) is 28.8. The maximum Gasteiger partial charge on any atom is 0.101 e. The topological polar surface area (TPSA) is 81.2 Å². The SMILES string of the molecule is N#Cc1cc(-c2ccc(-n3c4ccccc4c4ccccc43)cc2)cc(-c2ccccc2-n2c3ccc(C#N)cc3c3cccc(C#N)c32)c1. The molecule has 0 unspecified atom stereocenters. The molecule has 9 rings (SSSR count). The zero-order valence-corrected chi connectivity index (χ0v) is 26.7. The van der Waals surface area contributed by atoms with Gasteiger partial charge in [0.25, 0.3) is 0 Å². The van der Waals surface area contributed by atoms with Crippen LogP contribution in [0.25, 0.3) is 77.2 Å². The molecule has 0 bridgehead atoms. The Morgan fingerprint density at radius 1 is 0.400 bits per heavy atom. The quantitative estimate of drug-likeness (QED) is 0.193. The van der Waals surface area contributed by atoms with Gasteiger partial charge in [0.05, 0.1) is 56.6 Å². The molecule has 2 heterocycles. The number of hydrogen-bond acceptors (Lipinski definition) is 3. The summed E-state index contributed by atoms with van der Waals surface area (Å²) in [6.45, 7) is 0. The van der Waals surface area contributed by atoms with E-state index in [0.717, 1.165) is 66.5 Å². The molecule has 0 amide bonds. The number of rotatable bonds is 4. The molecule has 50 heavy (non-hydrogen) atoms. The molecular weight excluding hydrogens is 611 g/mol. The molecule has 0 aliphatic heterocycles. The van der Waals surface area contributed by atoms with E-state index in [4.69, 9.17) is 0 Å². The molecule has 0 saturated heterocycles. The lowest BCUT2D eigenvalue weighted by molar-refractivity contribution is 1.18. The van der Waals surface area contributed by atoms with E-state index in [1.807, 2.05) is 66.7 Å². The minimum absolute atomic E-state index is 0.543. The zero-order chi connectivity index (χ0) is 33.8. The fourth-order valence-corrected chi connectivity index (χ4v) is 7.41. The minimum atomic E-state index is 0.543. The summed E-state index contributed by atoms with van der Waals surface area (Å²) in [4.78, 5) is 0. The summed E-state index contributed by atoms with van der Waals surface area (Å²) < 4.78 is 4.40. The highest BCUT2D eigenvalue weighted by atomic mass is 15.0. The van der Waals surface area contributed by atoms with E-state index in [1.165, 1.54) is 10.8 Å². The van der Waals surface area contributed by atoms with E-state index in [1.54, 1.807) is 0 Å². The van der Waals surface area contributed by atoms with Crippen molar-refractivity contribution < 1.29 is 0 Å². The predicted molar refractivity (Wildman–Crippen MR) is 200 cm³/mol. The molecule has 7 aromatic carbocycles. The van der Waals surface area contributed by atoms with Crippen LogP contribution >= 0.6 is 0 Å². The van der Waals surface area contributed by atoms with Crippen molar-refractivity contribution in [2.45, 2.75) is 0 Å². The molecule has 0 radical (unpaired) electrons. The maximum atomic E-state index is 10.2. The Morgan fingerprint density at radius 3 is 1.76 bits per heavy atom. The molecule has 2 aromatic heterocycles. The van der Waals surface area contributed by atoms with E-state index < -0.39 is 0 Å². The average molecular weight is 636 g/mol. The third kappa shape index (κ3) is 4.38. The van der Waals surface area contributed by atoms with Crippen molar-refractivity contribution in [3.8, 4) is 51.8 Å². The first-order chi connectivity index (χ1) is 24.7. The highest BCUT2D eigenvalue weighted by Gasteiger charge is 2.19. The molecule has 230 valence electrons. The van der Waals surface area contributed by atoms with Crippen LogP contribution in [-0.2, 0) is 0 Å². The Balaban J connectivity index is 1.21. The summed E-state index contributed by atoms with van der Waals surface area (Å²) in [5, 5.41) is 34.3. The van der Waals surface area contributed by atoms with Gasteiger partial charge in [-0.25, -0.2) is 0 Å². The van der Waals surface area contributed by atoms with Crippen LogP contribution in [0.5, 0.6) is 0 Å². The second-order valence-corrected chi connectivity index (χ2v) is 12.3. The average Bonchev–Trinajstić information content (AvgIpc) is 3.70. The number of nitrogens with zero attached hydrogens (tertiary/aromatic N) is 5. The Hall–Kier alpha value is -7.39. The van der Waals surface area contributed by atoms with E-state index in [2.05, 4.69) is 112 Å². The molecule has 0 aliphatic rings. The van der Waals surface area contributed by atoms with Crippen LogP contribution in [-0.4, -0.2) is 9.13 Å². The molecule has 0 aliphatic carbocycles. The predicted octanol–water partition coefficient (Wildman–Crippen LogP) is 10.8. The van der Waals surface area contributed by atoms with Crippen molar-refractivity contribution in [2.75, 3.05) is 0 Å². The van der Waals surface area contributed by atoms with Gasteiger partial charge in [0.2, 0.25) is 0 Å². The third-order valence-corrected chi connectivity index (χ3v) is 9.59. The Morgan fingerprint density at radius 2 is 1.04 bits per heavy atom. The summed E-state index contributed by atoms with van der Waals surface area (Å²) in [6, 6.07) is 57.8. The number of para-hydroxylation sites is 4. The Labute approximate surface area is 287 Å². The summed E-state index contributed by atoms with van der Waals surface area (Å²) in [5.74, 6) is 0. The van der Waals surface area contributed by atoms with Crippen molar-refractivity contribution in [3.63, 3.8) is 0 Å². The van der Waals surface area contributed by atoms with Gasteiger partial charge in [-0.1, -0.05) is 78.9 Å². The highest BCUT2D eigenvalue weighted by molar-refractivity contribution is 6.12. The van der Waals surface area contributed by atoms with E-state index in [0.29, 0.717) is 16.7 Å². The fourth-order valence-electron chi connectivity index (χ4n) is 7.41. The molecular formula is C45H25N5. The number of benzene rings is 7. The van der Waals surface area contributed by atoms with Crippen LogP contribution in [0.4, 0.5) is 0 Å². The number of fused-ring (bicyclic) bond motifs is 6. The third-order valence-electron chi connectivity index (χ3n) is 9.59. The highest BCUT2D eigenvalue weighted by Crippen LogP contribution is 2.39. The monoisotopic (exact) mass is 635 g/mol. The molecule has 0 spiro atoms.